The van der Waals surface area contributed by atoms with Gasteiger partial charge in [-0.3, -0.25) is 4.79 Å². The molecule has 1 amide bonds. The third kappa shape index (κ3) is 3.45. The Morgan fingerprint density at radius 3 is 3.16 bits per heavy atom. The van der Waals surface area contributed by atoms with Gasteiger partial charge in [-0.1, -0.05) is 0 Å². The average Bonchev–Trinajstić information content (AvgIpc) is 2.86. The highest BCUT2D eigenvalue weighted by molar-refractivity contribution is 5.95. The smallest absolute Gasteiger partial charge is 0.251 e. The van der Waals surface area contributed by atoms with Crippen LogP contribution in [0.5, 0.6) is 0 Å². The molecule has 0 radical (unpaired) electrons. The highest BCUT2D eigenvalue weighted by atomic mass is 16.5. The van der Waals surface area contributed by atoms with E-state index < -0.39 is 0 Å². The number of carbonyl (C=O) groups excluding carboxylic acids is 1. The van der Waals surface area contributed by atoms with Crippen LogP contribution in [0.25, 0.3) is 0 Å². The maximum absolute atomic E-state index is 12.1. The zero-order valence-corrected chi connectivity index (χ0v) is 11.1. The Morgan fingerprint density at radius 1 is 1.58 bits per heavy atom. The summed E-state index contributed by atoms with van der Waals surface area (Å²) in [5.41, 5.74) is 2.94. The fourth-order valence-corrected chi connectivity index (χ4v) is 2.27. The van der Waals surface area contributed by atoms with Gasteiger partial charge >= 0.3 is 0 Å². The van der Waals surface area contributed by atoms with Crippen molar-refractivity contribution in [2.45, 2.75) is 18.9 Å². The molecule has 0 fully saturated rings. The monoisotopic (exact) mass is 264 g/mol. The summed E-state index contributed by atoms with van der Waals surface area (Å²) < 4.78 is 5.03. The molecule has 1 aliphatic heterocycles. The number of hydrogen-bond donors (Lipinski definition) is 3. The predicted octanol–water partition coefficient (Wildman–Crippen LogP) is 0.782. The van der Waals surface area contributed by atoms with Gasteiger partial charge in [0.25, 0.3) is 5.91 Å². The molecule has 0 aliphatic carbocycles. The average molecular weight is 264 g/mol. The van der Waals surface area contributed by atoms with E-state index in [1.807, 2.05) is 18.2 Å². The first-order chi connectivity index (χ1) is 9.24. The maximum Gasteiger partial charge on any atom is 0.251 e. The third-order valence-electron chi connectivity index (χ3n) is 3.26. The normalized spacial score (nSPS) is 14.6. The topological polar surface area (TPSA) is 70.6 Å². The first kappa shape index (κ1) is 13.8. The van der Waals surface area contributed by atoms with Crippen molar-refractivity contribution in [3.05, 3.63) is 29.3 Å². The molecule has 1 aromatic carbocycles. The van der Waals surface area contributed by atoms with E-state index in [0.29, 0.717) is 18.6 Å². The number of aliphatic hydroxyl groups is 1. The minimum atomic E-state index is -0.158. The van der Waals surface area contributed by atoms with Crippen molar-refractivity contribution in [1.82, 2.24) is 5.32 Å². The van der Waals surface area contributed by atoms with Crippen LogP contribution in [0, 0.1) is 0 Å². The zero-order valence-electron chi connectivity index (χ0n) is 11.1. The lowest BCUT2D eigenvalue weighted by molar-refractivity contribution is 0.0878. The molecular weight excluding hydrogens is 244 g/mol. The number of hydrogen-bond acceptors (Lipinski definition) is 4. The molecule has 0 aromatic heterocycles. The van der Waals surface area contributed by atoms with Crippen LogP contribution in [-0.2, 0) is 11.2 Å². The van der Waals surface area contributed by atoms with E-state index in [1.54, 1.807) is 7.11 Å². The lowest BCUT2D eigenvalue weighted by Crippen LogP contribution is -2.38. The van der Waals surface area contributed by atoms with Crippen molar-refractivity contribution in [1.29, 1.82) is 0 Å². The van der Waals surface area contributed by atoms with E-state index in [1.165, 1.54) is 5.56 Å². The largest absolute Gasteiger partial charge is 0.396 e. The lowest BCUT2D eigenvalue weighted by Gasteiger charge is -2.17. The number of benzene rings is 1. The number of methoxy groups -OCH3 is 1. The van der Waals surface area contributed by atoms with Crippen molar-refractivity contribution in [3.63, 3.8) is 0 Å². The number of nitrogens with one attached hydrogen (secondary N) is 2. The van der Waals surface area contributed by atoms with Gasteiger partial charge in [-0.2, -0.15) is 0 Å². The standard InChI is InChI=1S/C14H20N2O3/c1-19-9-12(5-7-17)16-14(18)11-2-3-13-10(8-11)4-6-15-13/h2-3,8,12,15,17H,4-7,9H2,1H3,(H,16,18). The second-order valence-electron chi connectivity index (χ2n) is 4.69. The maximum atomic E-state index is 12.1. The molecule has 1 atom stereocenters. The van der Waals surface area contributed by atoms with Crippen LogP contribution in [0.1, 0.15) is 22.3 Å². The molecule has 5 nitrogen and oxygen atoms in total. The molecule has 19 heavy (non-hydrogen) atoms. The third-order valence-corrected chi connectivity index (χ3v) is 3.26. The molecule has 1 unspecified atom stereocenters. The van der Waals surface area contributed by atoms with Crippen molar-refractivity contribution >= 4 is 11.6 Å². The van der Waals surface area contributed by atoms with Crippen molar-refractivity contribution < 1.29 is 14.6 Å². The second kappa shape index (κ2) is 6.54. The van der Waals surface area contributed by atoms with Gasteiger partial charge in [-0.05, 0) is 36.6 Å². The Kier molecular flexibility index (Phi) is 4.76. The number of anilines is 1. The summed E-state index contributed by atoms with van der Waals surface area (Å²) in [6.45, 7) is 1.36. The van der Waals surface area contributed by atoms with E-state index in [-0.39, 0.29) is 18.6 Å². The fourth-order valence-electron chi connectivity index (χ4n) is 2.27. The van der Waals surface area contributed by atoms with Gasteiger partial charge in [-0.15, -0.1) is 0 Å². The van der Waals surface area contributed by atoms with E-state index in [0.717, 1.165) is 18.7 Å². The first-order valence-electron chi connectivity index (χ1n) is 6.52. The predicted molar refractivity (Wildman–Crippen MR) is 73.5 cm³/mol. The highest BCUT2D eigenvalue weighted by Crippen LogP contribution is 2.22. The molecule has 1 aromatic rings. The SMILES string of the molecule is COCC(CCO)NC(=O)c1ccc2c(c1)CCN2. The van der Waals surface area contributed by atoms with Crippen LogP contribution in [-0.4, -0.2) is 43.9 Å². The van der Waals surface area contributed by atoms with E-state index in [2.05, 4.69) is 10.6 Å². The van der Waals surface area contributed by atoms with Gasteiger partial charge in [0.1, 0.15) is 0 Å². The van der Waals surface area contributed by atoms with Crippen LogP contribution in [0.2, 0.25) is 0 Å². The number of ether oxygens (including phenoxy) is 1. The molecule has 2 rings (SSSR count). The number of amides is 1. The Hall–Kier alpha value is -1.59. The van der Waals surface area contributed by atoms with E-state index >= 15 is 0 Å². The Balaban J connectivity index is 2.02. The molecule has 1 heterocycles. The summed E-state index contributed by atoms with van der Waals surface area (Å²) in [5, 5.41) is 15.1. The van der Waals surface area contributed by atoms with Gasteiger partial charge in [0.2, 0.25) is 0 Å². The number of aliphatic hydroxyl groups excluding tert-OH is 1. The van der Waals surface area contributed by atoms with Crippen LogP contribution >= 0.6 is 0 Å². The van der Waals surface area contributed by atoms with E-state index in [9.17, 15) is 4.79 Å². The summed E-state index contributed by atoms with van der Waals surface area (Å²) in [6.07, 6.45) is 1.45. The Labute approximate surface area is 113 Å². The molecule has 5 heteroatoms. The van der Waals surface area contributed by atoms with Gasteiger partial charge in [0, 0.05) is 31.5 Å². The number of fused-ring (bicyclic) bond motifs is 1. The van der Waals surface area contributed by atoms with Crippen LogP contribution < -0.4 is 10.6 Å². The summed E-state index contributed by atoms with van der Waals surface area (Å²) in [7, 11) is 1.58. The van der Waals surface area contributed by atoms with Crippen molar-refractivity contribution in [2.24, 2.45) is 0 Å². The molecule has 104 valence electrons. The van der Waals surface area contributed by atoms with Crippen LogP contribution in [0.4, 0.5) is 5.69 Å². The molecular formula is C14H20N2O3. The quantitative estimate of drug-likeness (QED) is 0.710. The van der Waals surface area contributed by atoms with Gasteiger partial charge in [0.05, 0.1) is 12.6 Å². The lowest BCUT2D eigenvalue weighted by atomic mass is 10.1. The first-order valence-corrected chi connectivity index (χ1v) is 6.52. The van der Waals surface area contributed by atoms with Crippen molar-refractivity contribution in [3.8, 4) is 0 Å². The fraction of sp³-hybridized carbons (Fsp3) is 0.500. The Morgan fingerprint density at radius 2 is 2.42 bits per heavy atom. The molecule has 0 saturated carbocycles. The molecule has 1 aliphatic rings. The molecule has 0 bridgehead atoms. The van der Waals surface area contributed by atoms with Crippen LogP contribution in [0.15, 0.2) is 18.2 Å². The second-order valence-corrected chi connectivity index (χ2v) is 4.69. The zero-order chi connectivity index (χ0) is 13.7. The van der Waals surface area contributed by atoms with Gasteiger partial charge in [0.15, 0.2) is 0 Å². The molecule has 0 spiro atoms. The minimum Gasteiger partial charge on any atom is -0.396 e. The number of rotatable bonds is 6. The minimum absolute atomic E-state index is 0.0302. The van der Waals surface area contributed by atoms with Gasteiger partial charge in [-0.25, -0.2) is 0 Å². The summed E-state index contributed by atoms with van der Waals surface area (Å²) >= 11 is 0. The summed E-state index contributed by atoms with van der Waals surface area (Å²) in [6, 6.07) is 5.52. The molecule has 3 N–H and O–H groups in total. The van der Waals surface area contributed by atoms with E-state index in [4.69, 9.17) is 9.84 Å². The highest BCUT2D eigenvalue weighted by Gasteiger charge is 2.16. The summed E-state index contributed by atoms with van der Waals surface area (Å²) in [5.74, 6) is -0.120. The number of carbonyl (C=O) groups is 1. The van der Waals surface area contributed by atoms with Crippen LogP contribution in [0.3, 0.4) is 0 Å². The summed E-state index contributed by atoms with van der Waals surface area (Å²) in [4.78, 5) is 12.1. The van der Waals surface area contributed by atoms with Crippen molar-refractivity contribution in [2.75, 3.05) is 32.2 Å². The van der Waals surface area contributed by atoms with Gasteiger partial charge < -0.3 is 20.5 Å². The Bertz CT molecular complexity index is 442. The molecule has 0 saturated heterocycles.